The molecule has 0 fully saturated rings. The molecule has 0 atom stereocenters. The zero-order chi connectivity index (χ0) is 30.3. The van der Waals surface area contributed by atoms with Crippen molar-refractivity contribution in [1.29, 1.82) is 0 Å². The molecular formula is C34H56O4S2. The van der Waals surface area contributed by atoms with Crippen LogP contribution in [-0.2, 0) is 56.2 Å². The fraction of sp³-hybridized carbons (Fsp3) is 0.647. The highest BCUT2D eigenvalue weighted by Gasteiger charge is 2.23. The standard InChI is InChI=1S/C32H50O4S2.C2H6/c1-11-33-19-23-15-27(31(5,6)7)16-24(20-34-12-2)29(23)37-38-30-25(21-35-13-3)17-28(32(8,9)10)18-26(30)22-36-14-4;1-2/h15-18H,11-14,19-22H2,1-10H3;1-2H3. The zero-order valence-corrected chi connectivity index (χ0v) is 29.0. The second kappa shape index (κ2) is 18.5. The van der Waals surface area contributed by atoms with E-state index in [0.717, 1.165) is 0 Å². The molecule has 0 N–H and O–H groups in total. The summed E-state index contributed by atoms with van der Waals surface area (Å²) in [7, 11) is 3.60. The molecule has 0 aliphatic rings. The van der Waals surface area contributed by atoms with Crippen molar-refractivity contribution in [2.24, 2.45) is 0 Å². The molecular weight excluding hydrogens is 537 g/mol. The summed E-state index contributed by atoms with van der Waals surface area (Å²) >= 11 is 0. The molecule has 228 valence electrons. The van der Waals surface area contributed by atoms with E-state index in [1.165, 1.54) is 43.2 Å². The highest BCUT2D eigenvalue weighted by molar-refractivity contribution is 8.76. The first-order valence-electron chi connectivity index (χ1n) is 14.9. The maximum Gasteiger partial charge on any atom is 0.0728 e. The second-order valence-electron chi connectivity index (χ2n) is 11.5. The van der Waals surface area contributed by atoms with Crippen molar-refractivity contribution in [1.82, 2.24) is 0 Å². The van der Waals surface area contributed by atoms with Crippen LogP contribution in [0.15, 0.2) is 34.1 Å². The maximum absolute atomic E-state index is 5.94. The van der Waals surface area contributed by atoms with Gasteiger partial charge >= 0.3 is 0 Å². The highest BCUT2D eigenvalue weighted by atomic mass is 33.1. The minimum absolute atomic E-state index is 0.0381. The van der Waals surface area contributed by atoms with Gasteiger partial charge in [0.25, 0.3) is 0 Å². The Labute approximate surface area is 254 Å². The Kier molecular flexibility index (Phi) is 17.1. The van der Waals surface area contributed by atoms with Crippen LogP contribution in [0.3, 0.4) is 0 Å². The van der Waals surface area contributed by atoms with Gasteiger partial charge in [0.2, 0.25) is 0 Å². The molecule has 0 saturated carbocycles. The van der Waals surface area contributed by atoms with Crippen molar-refractivity contribution in [3.63, 3.8) is 0 Å². The highest BCUT2D eigenvalue weighted by Crippen LogP contribution is 2.46. The van der Waals surface area contributed by atoms with Gasteiger partial charge in [0.05, 0.1) is 26.4 Å². The van der Waals surface area contributed by atoms with E-state index in [9.17, 15) is 0 Å². The van der Waals surface area contributed by atoms with Crippen LogP contribution >= 0.6 is 21.6 Å². The predicted molar refractivity (Wildman–Crippen MR) is 175 cm³/mol. The Hall–Kier alpha value is -1.02. The lowest BCUT2D eigenvalue weighted by Gasteiger charge is -2.25. The Morgan fingerprint density at radius 2 is 0.700 bits per heavy atom. The van der Waals surface area contributed by atoms with Gasteiger partial charge in [0.15, 0.2) is 0 Å². The summed E-state index contributed by atoms with van der Waals surface area (Å²) in [6, 6.07) is 9.27. The molecule has 2 rings (SSSR count). The largest absolute Gasteiger partial charge is 0.377 e. The van der Waals surface area contributed by atoms with E-state index in [1.54, 1.807) is 21.6 Å². The SMILES string of the molecule is CC.CCOCc1cc(C(C)(C)C)cc(COCC)c1SSc1c(COCC)cc(C(C)(C)C)cc1COCC. The summed E-state index contributed by atoms with van der Waals surface area (Å²) in [5.74, 6) is 0. The molecule has 0 unspecified atom stereocenters. The summed E-state index contributed by atoms with van der Waals surface area (Å²) in [5, 5.41) is 0. The third-order valence-corrected chi connectivity index (χ3v) is 8.99. The molecule has 0 radical (unpaired) electrons. The molecule has 6 heteroatoms. The molecule has 0 saturated heterocycles. The van der Waals surface area contributed by atoms with Crippen molar-refractivity contribution in [3.8, 4) is 0 Å². The normalized spacial score (nSPS) is 11.9. The number of ether oxygens (including phenoxy) is 4. The molecule has 2 aromatic carbocycles. The molecule has 4 nitrogen and oxygen atoms in total. The van der Waals surface area contributed by atoms with Crippen LogP contribution in [0.2, 0.25) is 0 Å². The Bertz CT molecular complexity index is 866. The second-order valence-corrected chi connectivity index (χ2v) is 13.6. The van der Waals surface area contributed by atoms with E-state index < -0.39 is 0 Å². The van der Waals surface area contributed by atoms with E-state index in [0.29, 0.717) is 52.9 Å². The lowest BCUT2D eigenvalue weighted by Crippen LogP contribution is -2.14. The summed E-state index contributed by atoms with van der Waals surface area (Å²) in [4.78, 5) is 2.46. The van der Waals surface area contributed by atoms with E-state index in [2.05, 4.69) is 65.8 Å². The summed E-state index contributed by atoms with van der Waals surface area (Å²) in [5.41, 5.74) is 7.56. The Balaban J connectivity index is 0.00000391. The number of hydrogen-bond acceptors (Lipinski definition) is 6. The smallest absolute Gasteiger partial charge is 0.0728 e. The molecule has 40 heavy (non-hydrogen) atoms. The zero-order valence-electron chi connectivity index (χ0n) is 27.4. The lowest BCUT2D eigenvalue weighted by atomic mass is 9.85. The number of benzene rings is 2. The van der Waals surface area contributed by atoms with Crippen molar-refractivity contribution in [3.05, 3.63) is 57.6 Å². The van der Waals surface area contributed by atoms with Gasteiger partial charge in [-0.25, -0.2) is 0 Å². The van der Waals surface area contributed by atoms with Gasteiger partial charge in [-0.2, -0.15) is 0 Å². The predicted octanol–water partition coefficient (Wildman–Crippen LogP) is 10.3. The van der Waals surface area contributed by atoms with Crippen molar-refractivity contribution in [2.75, 3.05) is 26.4 Å². The van der Waals surface area contributed by atoms with Crippen LogP contribution in [0.25, 0.3) is 0 Å². The lowest BCUT2D eigenvalue weighted by molar-refractivity contribution is 0.126. The molecule has 0 heterocycles. The van der Waals surface area contributed by atoms with E-state index in [-0.39, 0.29) is 10.8 Å². The number of rotatable bonds is 15. The molecule has 0 amide bonds. The number of hydrogen-bond donors (Lipinski definition) is 0. The van der Waals surface area contributed by atoms with E-state index in [4.69, 9.17) is 18.9 Å². The molecule has 0 aromatic heterocycles. The van der Waals surface area contributed by atoms with Crippen molar-refractivity contribution >= 4 is 21.6 Å². The fourth-order valence-corrected chi connectivity index (χ4v) is 6.80. The molecule has 0 spiro atoms. The Morgan fingerprint density at radius 3 is 0.875 bits per heavy atom. The van der Waals surface area contributed by atoms with Crippen LogP contribution in [0.4, 0.5) is 0 Å². The minimum Gasteiger partial charge on any atom is -0.377 e. The average molecular weight is 593 g/mol. The first-order valence-corrected chi connectivity index (χ1v) is 17.1. The Morgan fingerprint density at radius 1 is 0.475 bits per heavy atom. The monoisotopic (exact) mass is 592 g/mol. The van der Waals surface area contributed by atoms with E-state index in [1.807, 2.05) is 41.5 Å². The first kappa shape index (κ1) is 37.0. The maximum atomic E-state index is 5.94. The van der Waals surface area contributed by atoms with Crippen LogP contribution in [0, 0.1) is 0 Å². The van der Waals surface area contributed by atoms with Gasteiger partial charge in [-0.15, -0.1) is 0 Å². The quantitative estimate of drug-likeness (QED) is 0.192. The van der Waals surface area contributed by atoms with E-state index >= 15 is 0 Å². The van der Waals surface area contributed by atoms with Crippen LogP contribution in [-0.4, -0.2) is 26.4 Å². The van der Waals surface area contributed by atoms with Crippen LogP contribution in [0.5, 0.6) is 0 Å². The van der Waals surface area contributed by atoms with Gasteiger partial charge < -0.3 is 18.9 Å². The topological polar surface area (TPSA) is 36.9 Å². The van der Waals surface area contributed by atoms with Gasteiger partial charge in [0.1, 0.15) is 0 Å². The van der Waals surface area contributed by atoms with Crippen molar-refractivity contribution in [2.45, 2.75) is 130 Å². The molecule has 0 aliphatic carbocycles. The third kappa shape index (κ3) is 11.7. The first-order chi connectivity index (χ1) is 19.0. The average Bonchev–Trinajstić information content (AvgIpc) is 2.91. The summed E-state index contributed by atoms with van der Waals surface area (Å²) in [6.45, 7) is 30.8. The minimum atomic E-state index is 0.0381. The van der Waals surface area contributed by atoms with Gasteiger partial charge in [0, 0.05) is 36.2 Å². The molecule has 0 aliphatic heterocycles. The molecule has 2 aromatic rings. The van der Waals surface area contributed by atoms with Crippen molar-refractivity contribution < 1.29 is 18.9 Å². The van der Waals surface area contributed by atoms with Gasteiger partial charge in [-0.05, 0) is 71.9 Å². The van der Waals surface area contributed by atoms with Crippen LogP contribution < -0.4 is 0 Å². The van der Waals surface area contributed by atoms with Crippen LogP contribution in [0.1, 0.15) is 116 Å². The van der Waals surface area contributed by atoms with Gasteiger partial charge in [-0.1, -0.05) is 101 Å². The third-order valence-electron chi connectivity index (χ3n) is 6.27. The molecule has 0 bridgehead atoms. The summed E-state index contributed by atoms with van der Waals surface area (Å²) < 4.78 is 23.8. The fourth-order valence-electron chi connectivity index (χ4n) is 3.95. The van der Waals surface area contributed by atoms with Gasteiger partial charge in [-0.3, -0.25) is 0 Å². The summed E-state index contributed by atoms with van der Waals surface area (Å²) in [6.07, 6.45) is 0.